The summed E-state index contributed by atoms with van der Waals surface area (Å²) in [5.41, 5.74) is 2.56. The van der Waals surface area contributed by atoms with Crippen LogP contribution in [0.4, 0.5) is 10.1 Å². The van der Waals surface area contributed by atoms with Gasteiger partial charge < -0.3 is 5.32 Å². The van der Waals surface area contributed by atoms with E-state index in [0.29, 0.717) is 17.1 Å². The predicted molar refractivity (Wildman–Crippen MR) is 82.4 cm³/mol. The molecule has 0 fully saturated rings. The summed E-state index contributed by atoms with van der Waals surface area (Å²) in [6, 6.07) is 14.3. The van der Waals surface area contributed by atoms with Crippen LogP contribution in [-0.4, -0.2) is 11.7 Å². The zero-order valence-corrected chi connectivity index (χ0v) is 12.0. The molecule has 104 valence electrons. The van der Waals surface area contributed by atoms with Crippen molar-refractivity contribution in [1.82, 2.24) is 0 Å². The number of halogens is 1. The van der Waals surface area contributed by atoms with Crippen LogP contribution in [0, 0.1) is 12.7 Å². The van der Waals surface area contributed by atoms with Gasteiger partial charge in [-0.25, -0.2) is 4.39 Å². The number of nitrogens with one attached hydrogen (secondary N) is 1. The molecule has 0 bridgehead atoms. The van der Waals surface area contributed by atoms with Crippen LogP contribution in [0.3, 0.4) is 0 Å². The zero-order valence-electron chi connectivity index (χ0n) is 11.2. The molecule has 2 aromatic rings. The lowest BCUT2D eigenvalue weighted by molar-refractivity contribution is -0.113. The van der Waals surface area contributed by atoms with Crippen LogP contribution in [0.15, 0.2) is 48.5 Å². The van der Waals surface area contributed by atoms with Crippen LogP contribution >= 0.6 is 11.8 Å². The smallest absolute Gasteiger partial charge is 0.234 e. The van der Waals surface area contributed by atoms with E-state index in [1.54, 1.807) is 18.2 Å². The first-order valence-corrected chi connectivity index (χ1v) is 7.48. The highest BCUT2D eigenvalue weighted by Gasteiger charge is 2.05. The monoisotopic (exact) mass is 289 g/mol. The lowest BCUT2D eigenvalue weighted by Gasteiger charge is -2.06. The third-order valence-corrected chi connectivity index (χ3v) is 3.77. The molecule has 0 unspecified atom stereocenters. The van der Waals surface area contributed by atoms with Crippen molar-refractivity contribution in [2.45, 2.75) is 12.7 Å². The second-order valence-electron chi connectivity index (χ2n) is 4.50. The van der Waals surface area contributed by atoms with Crippen LogP contribution in [-0.2, 0) is 10.5 Å². The quantitative estimate of drug-likeness (QED) is 0.901. The number of hydrogen-bond donors (Lipinski definition) is 1. The number of anilines is 1. The molecule has 0 atom stereocenters. The number of aryl methyl sites for hydroxylation is 1. The van der Waals surface area contributed by atoms with E-state index in [1.165, 1.54) is 17.8 Å². The van der Waals surface area contributed by atoms with Gasteiger partial charge in [-0.05, 0) is 30.7 Å². The number of hydrogen-bond acceptors (Lipinski definition) is 2. The van der Waals surface area contributed by atoms with Gasteiger partial charge in [0.05, 0.1) is 5.75 Å². The van der Waals surface area contributed by atoms with Crippen molar-refractivity contribution in [3.05, 3.63) is 65.5 Å². The Balaban J connectivity index is 1.78. The Morgan fingerprint density at radius 2 is 1.85 bits per heavy atom. The number of benzene rings is 2. The maximum absolute atomic E-state index is 13.4. The Hall–Kier alpha value is -1.81. The zero-order chi connectivity index (χ0) is 14.4. The summed E-state index contributed by atoms with van der Waals surface area (Å²) in [6.07, 6.45) is 0. The summed E-state index contributed by atoms with van der Waals surface area (Å²) in [5, 5.41) is 2.82. The fraction of sp³-hybridized carbons (Fsp3) is 0.188. The van der Waals surface area contributed by atoms with Gasteiger partial charge in [0.25, 0.3) is 0 Å². The molecule has 0 aliphatic carbocycles. The summed E-state index contributed by atoms with van der Waals surface area (Å²) in [5.74, 6) is 0.505. The molecule has 0 spiro atoms. The first kappa shape index (κ1) is 14.6. The van der Waals surface area contributed by atoms with Gasteiger partial charge in [-0.1, -0.05) is 35.9 Å². The van der Waals surface area contributed by atoms with Gasteiger partial charge in [0, 0.05) is 11.4 Å². The maximum Gasteiger partial charge on any atom is 0.234 e. The summed E-state index contributed by atoms with van der Waals surface area (Å²) in [4.78, 5) is 11.7. The van der Waals surface area contributed by atoms with E-state index in [1.807, 2.05) is 31.2 Å². The Morgan fingerprint density at radius 1 is 1.15 bits per heavy atom. The first-order valence-electron chi connectivity index (χ1n) is 6.33. The third kappa shape index (κ3) is 4.38. The van der Waals surface area contributed by atoms with Crippen molar-refractivity contribution < 1.29 is 9.18 Å². The topological polar surface area (TPSA) is 29.1 Å². The van der Waals surface area contributed by atoms with Crippen molar-refractivity contribution in [3.63, 3.8) is 0 Å². The minimum Gasteiger partial charge on any atom is -0.325 e. The van der Waals surface area contributed by atoms with E-state index in [-0.39, 0.29) is 11.7 Å². The molecule has 0 radical (unpaired) electrons. The van der Waals surface area contributed by atoms with Gasteiger partial charge in [-0.2, -0.15) is 0 Å². The molecule has 2 rings (SSSR count). The molecule has 4 heteroatoms. The van der Waals surface area contributed by atoms with Crippen molar-refractivity contribution in [3.8, 4) is 0 Å². The highest BCUT2D eigenvalue weighted by atomic mass is 32.2. The number of carbonyl (C=O) groups excluding carboxylic acids is 1. The third-order valence-electron chi connectivity index (χ3n) is 2.78. The number of carbonyl (C=O) groups is 1. The van der Waals surface area contributed by atoms with Gasteiger partial charge in [0.2, 0.25) is 5.91 Å². The summed E-state index contributed by atoms with van der Waals surface area (Å²) in [7, 11) is 0. The second kappa shape index (κ2) is 7.10. The van der Waals surface area contributed by atoms with E-state index >= 15 is 0 Å². The lowest BCUT2D eigenvalue weighted by atomic mass is 10.2. The molecule has 0 saturated heterocycles. The second-order valence-corrected chi connectivity index (χ2v) is 5.48. The van der Waals surface area contributed by atoms with Crippen LogP contribution in [0.2, 0.25) is 0 Å². The average molecular weight is 289 g/mol. The van der Waals surface area contributed by atoms with Crippen molar-refractivity contribution >= 4 is 23.4 Å². The van der Waals surface area contributed by atoms with E-state index in [2.05, 4.69) is 5.32 Å². The van der Waals surface area contributed by atoms with Gasteiger partial charge in [-0.3, -0.25) is 4.79 Å². The van der Waals surface area contributed by atoms with Gasteiger partial charge in [0.1, 0.15) is 5.82 Å². The molecule has 0 heterocycles. The van der Waals surface area contributed by atoms with E-state index < -0.39 is 0 Å². The van der Waals surface area contributed by atoms with E-state index in [9.17, 15) is 9.18 Å². The number of amides is 1. The Morgan fingerprint density at radius 3 is 2.55 bits per heavy atom. The van der Waals surface area contributed by atoms with Gasteiger partial charge in [0.15, 0.2) is 0 Å². The predicted octanol–water partition coefficient (Wildman–Crippen LogP) is 4.01. The standard InChI is InChI=1S/C16H16FNOS/c1-12-6-8-14(9-7-12)18-16(19)11-20-10-13-4-2-3-5-15(13)17/h2-9H,10-11H2,1H3,(H,18,19). The number of thioether (sulfide) groups is 1. The highest BCUT2D eigenvalue weighted by Crippen LogP contribution is 2.16. The Bertz CT molecular complexity index is 583. The highest BCUT2D eigenvalue weighted by molar-refractivity contribution is 7.99. The molecule has 20 heavy (non-hydrogen) atoms. The normalized spacial score (nSPS) is 10.3. The fourth-order valence-electron chi connectivity index (χ4n) is 1.70. The first-order chi connectivity index (χ1) is 9.65. The summed E-state index contributed by atoms with van der Waals surface area (Å²) < 4.78 is 13.4. The molecule has 1 amide bonds. The maximum atomic E-state index is 13.4. The van der Waals surface area contributed by atoms with Crippen LogP contribution in [0.25, 0.3) is 0 Å². The lowest BCUT2D eigenvalue weighted by Crippen LogP contribution is -2.14. The number of rotatable bonds is 5. The largest absolute Gasteiger partial charge is 0.325 e. The molecule has 2 aromatic carbocycles. The molecule has 0 aliphatic rings. The minimum absolute atomic E-state index is 0.0739. The summed E-state index contributed by atoms with van der Waals surface area (Å²) in [6.45, 7) is 2.00. The SMILES string of the molecule is Cc1ccc(NC(=O)CSCc2ccccc2F)cc1. The van der Waals surface area contributed by atoms with Crippen LogP contribution in [0.5, 0.6) is 0 Å². The van der Waals surface area contributed by atoms with E-state index in [0.717, 1.165) is 11.3 Å². The average Bonchev–Trinajstić information content (AvgIpc) is 2.43. The molecule has 2 nitrogen and oxygen atoms in total. The van der Waals surface area contributed by atoms with Crippen LogP contribution in [0.1, 0.15) is 11.1 Å². The van der Waals surface area contributed by atoms with Gasteiger partial charge in [-0.15, -0.1) is 11.8 Å². The molecule has 0 saturated carbocycles. The Kier molecular flexibility index (Phi) is 5.18. The fourth-order valence-corrected chi connectivity index (χ4v) is 2.52. The molecular formula is C16H16FNOS. The molecule has 0 aliphatic heterocycles. The van der Waals surface area contributed by atoms with Gasteiger partial charge >= 0.3 is 0 Å². The molecular weight excluding hydrogens is 273 g/mol. The van der Waals surface area contributed by atoms with Crippen molar-refractivity contribution in [2.24, 2.45) is 0 Å². The van der Waals surface area contributed by atoms with Crippen LogP contribution < -0.4 is 5.32 Å². The molecule has 0 aromatic heterocycles. The van der Waals surface area contributed by atoms with Crippen molar-refractivity contribution in [1.29, 1.82) is 0 Å². The Labute approximate surface area is 122 Å². The van der Waals surface area contributed by atoms with E-state index in [4.69, 9.17) is 0 Å². The van der Waals surface area contributed by atoms with Crippen molar-refractivity contribution in [2.75, 3.05) is 11.1 Å². The molecule has 1 N–H and O–H groups in total. The summed E-state index contributed by atoms with van der Waals surface area (Å²) >= 11 is 1.40. The minimum atomic E-state index is -0.223.